The first-order valence-corrected chi connectivity index (χ1v) is 7.19. The lowest BCUT2D eigenvalue weighted by Gasteiger charge is -2.34. The number of aromatic amines is 1. The minimum absolute atomic E-state index is 0.528. The van der Waals surface area contributed by atoms with Crippen molar-refractivity contribution >= 4 is 22.5 Å². The molecule has 1 aliphatic carbocycles. The van der Waals surface area contributed by atoms with E-state index in [2.05, 4.69) is 37.2 Å². The van der Waals surface area contributed by atoms with Crippen LogP contribution in [-0.2, 0) is 0 Å². The fraction of sp³-hybridized carbons (Fsp3) is 0.500. The van der Waals surface area contributed by atoms with E-state index in [1.807, 2.05) is 6.07 Å². The maximum atomic E-state index is 6.12. The summed E-state index contributed by atoms with van der Waals surface area (Å²) in [7, 11) is 0. The zero-order chi connectivity index (χ0) is 12.8. The average molecular weight is 262 g/mol. The normalized spacial score (nSPS) is 20.4. The molecule has 3 rings (SSSR count). The summed E-state index contributed by atoms with van der Waals surface area (Å²) in [5.41, 5.74) is 3.20. The van der Waals surface area contributed by atoms with Crippen LogP contribution in [0.1, 0.15) is 51.0 Å². The molecule has 1 saturated carbocycles. The van der Waals surface area contributed by atoms with Gasteiger partial charge in [0.2, 0.25) is 0 Å². The standard InChI is InChI=1S/C16H20ClN/c1-16(2)7-5-11(6-8-16)14-10-18-15-4-3-12(17)9-13(14)15/h3-4,9-11,18H,5-8H2,1-2H3. The predicted molar refractivity (Wildman–Crippen MR) is 78.3 cm³/mol. The third-order valence-corrected chi connectivity index (χ3v) is 4.69. The van der Waals surface area contributed by atoms with Gasteiger partial charge in [-0.2, -0.15) is 0 Å². The molecular weight excluding hydrogens is 242 g/mol. The minimum Gasteiger partial charge on any atom is -0.361 e. The number of rotatable bonds is 1. The van der Waals surface area contributed by atoms with Crippen molar-refractivity contribution in [2.45, 2.75) is 45.4 Å². The summed E-state index contributed by atoms with van der Waals surface area (Å²) in [5.74, 6) is 0.699. The van der Waals surface area contributed by atoms with Gasteiger partial charge in [0.25, 0.3) is 0 Å². The molecule has 0 unspecified atom stereocenters. The summed E-state index contributed by atoms with van der Waals surface area (Å²) in [6, 6.07) is 6.13. The lowest BCUT2D eigenvalue weighted by molar-refractivity contribution is 0.225. The molecule has 1 N–H and O–H groups in total. The lowest BCUT2D eigenvalue weighted by Crippen LogP contribution is -2.20. The Kier molecular flexibility index (Phi) is 2.90. The smallest absolute Gasteiger partial charge is 0.0457 e. The Morgan fingerprint density at radius 1 is 1.22 bits per heavy atom. The van der Waals surface area contributed by atoms with Gasteiger partial charge in [0, 0.05) is 22.1 Å². The van der Waals surface area contributed by atoms with Gasteiger partial charge in [-0.1, -0.05) is 25.4 Å². The summed E-state index contributed by atoms with van der Waals surface area (Å²) in [6.45, 7) is 4.77. The van der Waals surface area contributed by atoms with Gasteiger partial charge >= 0.3 is 0 Å². The van der Waals surface area contributed by atoms with Crippen molar-refractivity contribution in [3.8, 4) is 0 Å². The van der Waals surface area contributed by atoms with Crippen LogP contribution >= 0.6 is 11.6 Å². The zero-order valence-electron chi connectivity index (χ0n) is 11.1. The molecule has 0 aliphatic heterocycles. The van der Waals surface area contributed by atoms with E-state index >= 15 is 0 Å². The highest BCUT2D eigenvalue weighted by Gasteiger charge is 2.28. The minimum atomic E-state index is 0.528. The van der Waals surface area contributed by atoms with E-state index in [-0.39, 0.29) is 0 Å². The van der Waals surface area contributed by atoms with E-state index in [0.717, 1.165) is 5.02 Å². The van der Waals surface area contributed by atoms with Crippen LogP contribution in [0, 0.1) is 5.41 Å². The highest BCUT2D eigenvalue weighted by molar-refractivity contribution is 6.31. The van der Waals surface area contributed by atoms with Crippen molar-refractivity contribution in [3.05, 3.63) is 35.0 Å². The molecule has 0 radical (unpaired) electrons. The number of hydrogen-bond donors (Lipinski definition) is 1. The van der Waals surface area contributed by atoms with Gasteiger partial charge in [0.1, 0.15) is 0 Å². The molecule has 1 aromatic carbocycles. The molecule has 1 nitrogen and oxygen atoms in total. The molecule has 1 aromatic heterocycles. The van der Waals surface area contributed by atoms with Crippen molar-refractivity contribution in [2.75, 3.05) is 0 Å². The molecule has 2 heteroatoms. The lowest BCUT2D eigenvalue weighted by atomic mass is 9.71. The highest BCUT2D eigenvalue weighted by Crippen LogP contribution is 2.44. The molecule has 0 bridgehead atoms. The van der Waals surface area contributed by atoms with Crippen LogP contribution in [0.4, 0.5) is 0 Å². The van der Waals surface area contributed by atoms with Gasteiger partial charge in [-0.15, -0.1) is 0 Å². The number of benzene rings is 1. The molecule has 18 heavy (non-hydrogen) atoms. The first kappa shape index (κ1) is 12.1. The Hall–Kier alpha value is -0.950. The number of halogens is 1. The molecule has 0 atom stereocenters. The molecule has 1 heterocycles. The number of aromatic nitrogens is 1. The summed E-state index contributed by atoms with van der Waals surface area (Å²) in [6.07, 6.45) is 7.43. The number of fused-ring (bicyclic) bond motifs is 1. The Morgan fingerprint density at radius 3 is 2.67 bits per heavy atom. The summed E-state index contributed by atoms with van der Waals surface area (Å²) in [5, 5.41) is 2.15. The quantitative estimate of drug-likeness (QED) is 0.697. The van der Waals surface area contributed by atoms with Crippen LogP contribution in [-0.4, -0.2) is 4.98 Å². The fourth-order valence-corrected chi connectivity index (χ4v) is 3.33. The Balaban J connectivity index is 1.93. The number of nitrogens with one attached hydrogen (secondary N) is 1. The van der Waals surface area contributed by atoms with E-state index in [1.54, 1.807) is 0 Å². The Bertz CT molecular complexity index is 557. The van der Waals surface area contributed by atoms with Crippen LogP contribution in [0.25, 0.3) is 10.9 Å². The maximum absolute atomic E-state index is 6.12. The first-order chi connectivity index (χ1) is 8.55. The first-order valence-electron chi connectivity index (χ1n) is 6.82. The van der Waals surface area contributed by atoms with Gasteiger partial charge in [0.05, 0.1) is 0 Å². The van der Waals surface area contributed by atoms with Gasteiger partial charge < -0.3 is 4.98 Å². The molecule has 0 saturated heterocycles. The topological polar surface area (TPSA) is 15.8 Å². The van der Waals surface area contributed by atoms with Crippen molar-refractivity contribution in [2.24, 2.45) is 5.41 Å². The van der Waals surface area contributed by atoms with E-state index in [0.29, 0.717) is 11.3 Å². The Morgan fingerprint density at radius 2 is 1.94 bits per heavy atom. The van der Waals surface area contributed by atoms with Crippen molar-refractivity contribution in [1.82, 2.24) is 4.98 Å². The molecule has 96 valence electrons. The predicted octanol–water partition coefficient (Wildman–Crippen LogP) is 5.51. The van der Waals surface area contributed by atoms with Crippen molar-refractivity contribution in [3.63, 3.8) is 0 Å². The second-order valence-corrected chi connectivity index (χ2v) is 6.81. The van der Waals surface area contributed by atoms with E-state index in [1.165, 1.54) is 42.1 Å². The molecule has 0 amide bonds. The van der Waals surface area contributed by atoms with Crippen molar-refractivity contribution in [1.29, 1.82) is 0 Å². The molecular formula is C16H20ClN. The molecule has 2 aromatic rings. The van der Waals surface area contributed by atoms with Crippen LogP contribution in [0.5, 0.6) is 0 Å². The molecule has 0 spiro atoms. The SMILES string of the molecule is CC1(C)CCC(c2c[nH]c3ccc(Cl)cc23)CC1. The number of H-pyrrole nitrogens is 1. The van der Waals surface area contributed by atoms with Gasteiger partial charge in [-0.3, -0.25) is 0 Å². The molecule has 1 fully saturated rings. The monoisotopic (exact) mass is 261 g/mol. The van der Waals surface area contributed by atoms with Gasteiger partial charge in [0.15, 0.2) is 0 Å². The summed E-state index contributed by atoms with van der Waals surface area (Å²) >= 11 is 6.12. The van der Waals surface area contributed by atoms with E-state index in [4.69, 9.17) is 11.6 Å². The average Bonchev–Trinajstić information content (AvgIpc) is 2.72. The van der Waals surface area contributed by atoms with Gasteiger partial charge in [-0.25, -0.2) is 0 Å². The van der Waals surface area contributed by atoms with Crippen LogP contribution in [0.15, 0.2) is 24.4 Å². The number of hydrogen-bond acceptors (Lipinski definition) is 0. The van der Waals surface area contributed by atoms with Gasteiger partial charge in [-0.05, 0) is 60.8 Å². The maximum Gasteiger partial charge on any atom is 0.0457 e. The summed E-state index contributed by atoms with van der Waals surface area (Å²) in [4.78, 5) is 3.37. The third-order valence-electron chi connectivity index (χ3n) is 4.45. The molecule has 1 aliphatic rings. The second kappa shape index (κ2) is 4.31. The Labute approximate surface area is 114 Å². The summed E-state index contributed by atoms with van der Waals surface area (Å²) < 4.78 is 0. The van der Waals surface area contributed by atoms with E-state index in [9.17, 15) is 0 Å². The highest BCUT2D eigenvalue weighted by atomic mass is 35.5. The van der Waals surface area contributed by atoms with Crippen LogP contribution < -0.4 is 0 Å². The zero-order valence-corrected chi connectivity index (χ0v) is 11.8. The third kappa shape index (κ3) is 2.16. The fourth-order valence-electron chi connectivity index (χ4n) is 3.16. The second-order valence-electron chi connectivity index (χ2n) is 6.37. The van der Waals surface area contributed by atoms with E-state index < -0.39 is 0 Å². The largest absolute Gasteiger partial charge is 0.361 e. The van der Waals surface area contributed by atoms with Crippen molar-refractivity contribution < 1.29 is 0 Å². The van der Waals surface area contributed by atoms with Crippen LogP contribution in [0.3, 0.4) is 0 Å². The van der Waals surface area contributed by atoms with Crippen LogP contribution in [0.2, 0.25) is 5.02 Å².